The summed E-state index contributed by atoms with van der Waals surface area (Å²) in [5, 5.41) is 27.4. The van der Waals surface area contributed by atoms with Crippen molar-refractivity contribution in [2.45, 2.75) is 18.9 Å². The van der Waals surface area contributed by atoms with Gasteiger partial charge in [0.25, 0.3) is 5.56 Å². The van der Waals surface area contributed by atoms with Gasteiger partial charge in [0.2, 0.25) is 0 Å². The summed E-state index contributed by atoms with van der Waals surface area (Å²) in [4.78, 5) is 26.6. The topological polar surface area (TPSA) is 126 Å². The second-order valence-electron chi connectivity index (χ2n) is 3.73. The number of nitrogens with one attached hydrogen (secondary N) is 2. The Morgan fingerprint density at radius 1 is 1.19 bits per heavy atom. The minimum atomic E-state index is -1.75. The maximum Gasteiger partial charge on any atom is 0.325 e. The quantitative estimate of drug-likeness (QED) is 0.395. The number of H-pyrrole nitrogens is 2. The van der Waals surface area contributed by atoms with Gasteiger partial charge in [-0.3, -0.25) is 9.78 Å². The molecule has 7 nitrogen and oxygen atoms in total. The van der Waals surface area contributed by atoms with E-state index in [9.17, 15) is 14.7 Å². The van der Waals surface area contributed by atoms with Crippen LogP contribution in [0, 0.1) is 6.92 Å². The highest BCUT2D eigenvalue weighted by atomic mass is 16.4. The SMILES string of the molecule is Cc1c(CC(O)(CO)CO)[nH]c(=O)[nH]c1=O. The minimum Gasteiger partial charge on any atom is -0.393 e. The van der Waals surface area contributed by atoms with Crippen LogP contribution in [0.3, 0.4) is 0 Å². The summed E-state index contributed by atoms with van der Waals surface area (Å²) in [5.74, 6) is 0. The number of aromatic amines is 2. The Morgan fingerprint density at radius 2 is 1.75 bits per heavy atom. The zero-order chi connectivity index (χ0) is 12.3. The number of hydrogen-bond acceptors (Lipinski definition) is 5. The van der Waals surface area contributed by atoms with Crippen LogP contribution in [0.25, 0.3) is 0 Å². The van der Waals surface area contributed by atoms with Crippen molar-refractivity contribution >= 4 is 0 Å². The highest BCUT2D eigenvalue weighted by molar-refractivity contribution is 5.16. The van der Waals surface area contributed by atoms with E-state index in [1.54, 1.807) is 0 Å². The van der Waals surface area contributed by atoms with Crippen molar-refractivity contribution in [3.8, 4) is 0 Å². The third-order valence-electron chi connectivity index (χ3n) is 2.38. The van der Waals surface area contributed by atoms with Crippen LogP contribution in [0.2, 0.25) is 0 Å². The van der Waals surface area contributed by atoms with E-state index in [1.165, 1.54) is 6.92 Å². The Bertz CT molecular complexity index is 472. The third kappa shape index (κ3) is 2.57. The first-order valence-electron chi connectivity index (χ1n) is 4.68. The maximum atomic E-state index is 11.2. The zero-order valence-electron chi connectivity index (χ0n) is 8.78. The average Bonchev–Trinajstić information content (AvgIpc) is 2.25. The first-order chi connectivity index (χ1) is 7.41. The molecule has 0 aliphatic carbocycles. The number of hydrogen-bond donors (Lipinski definition) is 5. The van der Waals surface area contributed by atoms with Crippen molar-refractivity contribution in [1.29, 1.82) is 0 Å². The number of aliphatic hydroxyl groups excluding tert-OH is 2. The van der Waals surface area contributed by atoms with Gasteiger partial charge in [0.15, 0.2) is 0 Å². The summed E-state index contributed by atoms with van der Waals surface area (Å²) >= 11 is 0. The fourth-order valence-electron chi connectivity index (χ4n) is 1.26. The fraction of sp³-hybridized carbons (Fsp3) is 0.556. The van der Waals surface area contributed by atoms with Gasteiger partial charge in [-0.05, 0) is 6.92 Å². The second-order valence-corrected chi connectivity index (χ2v) is 3.73. The maximum absolute atomic E-state index is 11.2. The van der Waals surface area contributed by atoms with E-state index in [0.717, 1.165) is 0 Å². The van der Waals surface area contributed by atoms with Gasteiger partial charge in [-0.15, -0.1) is 0 Å². The van der Waals surface area contributed by atoms with E-state index in [0.29, 0.717) is 0 Å². The second kappa shape index (κ2) is 4.60. The molecule has 1 aromatic rings. The lowest BCUT2D eigenvalue weighted by atomic mass is 9.98. The first kappa shape index (κ1) is 12.6. The van der Waals surface area contributed by atoms with Crippen molar-refractivity contribution in [2.75, 3.05) is 13.2 Å². The molecule has 0 saturated carbocycles. The van der Waals surface area contributed by atoms with E-state index in [1.807, 2.05) is 4.98 Å². The number of aromatic nitrogens is 2. The van der Waals surface area contributed by atoms with Crippen LogP contribution in [0.5, 0.6) is 0 Å². The van der Waals surface area contributed by atoms with E-state index in [-0.39, 0.29) is 17.7 Å². The normalized spacial score (nSPS) is 11.8. The predicted molar refractivity (Wildman–Crippen MR) is 55.2 cm³/mol. The Kier molecular flexibility index (Phi) is 3.63. The predicted octanol–water partition coefficient (Wildman–Crippen LogP) is -2.37. The lowest BCUT2D eigenvalue weighted by molar-refractivity contribution is -0.0547. The molecule has 0 fully saturated rings. The van der Waals surface area contributed by atoms with Crippen LogP contribution in [0.1, 0.15) is 11.3 Å². The monoisotopic (exact) mass is 230 g/mol. The van der Waals surface area contributed by atoms with Crippen LogP contribution in [0.4, 0.5) is 0 Å². The molecular formula is C9H14N2O5. The largest absolute Gasteiger partial charge is 0.393 e. The molecule has 5 N–H and O–H groups in total. The van der Waals surface area contributed by atoms with Gasteiger partial charge in [-0.25, -0.2) is 4.79 Å². The van der Waals surface area contributed by atoms with Gasteiger partial charge in [-0.1, -0.05) is 0 Å². The Hall–Kier alpha value is -1.44. The molecule has 0 aliphatic heterocycles. The highest BCUT2D eigenvalue weighted by Crippen LogP contribution is 2.11. The number of aliphatic hydroxyl groups is 3. The van der Waals surface area contributed by atoms with E-state index < -0.39 is 30.1 Å². The molecule has 1 aromatic heterocycles. The average molecular weight is 230 g/mol. The van der Waals surface area contributed by atoms with Crippen LogP contribution in [0.15, 0.2) is 9.59 Å². The van der Waals surface area contributed by atoms with E-state index in [2.05, 4.69) is 4.98 Å². The van der Waals surface area contributed by atoms with Gasteiger partial charge in [0.05, 0.1) is 13.2 Å². The zero-order valence-corrected chi connectivity index (χ0v) is 8.78. The summed E-state index contributed by atoms with van der Waals surface area (Å²) in [6, 6.07) is 0. The molecule has 0 atom stereocenters. The van der Waals surface area contributed by atoms with Crippen LogP contribution in [-0.4, -0.2) is 44.1 Å². The Morgan fingerprint density at radius 3 is 2.25 bits per heavy atom. The lowest BCUT2D eigenvalue weighted by Gasteiger charge is -2.23. The summed E-state index contributed by atoms with van der Waals surface area (Å²) < 4.78 is 0. The molecule has 0 radical (unpaired) electrons. The molecule has 7 heteroatoms. The van der Waals surface area contributed by atoms with Crippen molar-refractivity contribution < 1.29 is 15.3 Å². The van der Waals surface area contributed by atoms with Crippen molar-refractivity contribution in [3.05, 3.63) is 32.1 Å². The lowest BCUT2D eigenvalue weighted by Crippen LogP contribution is -2.41. The summed E-state index contributed by atoms with van der Waals surface area (Å²) in [6.45, 7) is 0.134. The molecule has 1 rings (SSSR count). The Labute approximate surface area is 90.4 Å². The van der Waals surface area contributed by atoms with Crippen molar-refractivity contribution in [2.24, 2.45) is 0 Å². The molecule has 0 unspecified atom stereocenters. The summed E-state index contributed by atoms with van der Waals surface area (Å²) in [7, 11) is 0. The Balaban J connectivity index is 3.15. The number of rotatable bonds is 4. The smallest absolute Gasteiger partial charge is 0.325 e. The third-order valence-corrected chi connectivity index (χ3v) is 2.38. The van der Waals surface area contributed by atoms with Gasteiger partial charge < -0.3 is 20.3 Å². The highest BCUT2D eigenvalue weighted by Gasteiger charge is 2.27. The molecule has 0 saturated heterocycles. The van der Waals surface area contributed by atoms with Crippen LogP contribution in [-0.2, 0) is 6.42 Å². The molecule has 0 aromatic carbocycles. The molecule has 0 aliphatic rings. The van der Waals surface area contributed by atoms with Crippen molar-refractivity contribution in [1.82, 2.24) is 9.97 Å². The van der Waals surface area contributed by atoms with Crippen LogP contribution < -0.4 is 11.2 Å². The van der Waals surface area contributed by atoms with Crippen LogP contribution >= 0.6 is 0 Å². The van der Waals surface area contributed by atoms with E-state index >= 15 is 0 Å². The standard InChI is InChI=1S/C9H14N2O5/c1-5-6(2-9(16,3-12)4-13)10-8(15)11-7(5)14/h12-13,16H,2-4H2,1H3,(H2,10,11,14,15). The molecule has 90 valence electrons. The minimum absolute atomic E-state index is 0.194. The van der Waals surface area contributed by atoms with Gasteiger partial charge in [0.1, 0.15) is 5.60 Å². The summed E-state index contributed by atoms with van der Waals surface area (Å²) in [6.07, 6.45) is -0.203. The molecule has 0 amide bonds. The van der Waals surface area contributed by atoms with Gasteiger partial charge in [0, 0.05) is 17.7 Å². The molecule has 1 heterocycles. The molecule has 0 spiro atoms. The molecular weight excluding hydrogens is 216 g/mol. The van der Waals surface area contributed by atoms with Crippen molar-refractivity contribution in [3.63, 3.8) is 0 Å². The fourth-order valence-corrected chi connectivity index (χ4v) is 1.26. The molecule has 16 heavy (non-hydrogen) atoms. The van der Waals surface area contributed by atoms with E-state index in [4.69, 9.17) is 10.2 Å². The van der Waals surface area contributed by atoms with Gasteiger partial charge in [-0.2, -0.15) is 0 Å². The molecule has 0 bridgehead atoms. The summed E-state index contributed by atoms with van der Waals surface area (Å²) in [5.41, 5.74) is -2.57. The first-order valence-corrected chi connectivity index (χ1v) is 4.68. The van der Waals surface area contributed by atoms with Gasteiger partial charge >= 0.3 is 5.69 Å².